The number of morpholine rings is 1. The smallest absolute Gasteiger partial charge is 0.191 e. The summed E-state index contributed by atoms with van der Waals surface area (Å²) in [6.07, 6.45) is 1.10. The van der Waals surface area contributed by atoms with Crippen LogP contribution >= 0.6 is 11.3 Å². The van der Waals surface area contributed by atoms with E-state index in [1.165, 1.54) is 5.56 Å². The van der Waals surface area contributed by atoms with E-state index in [1.807, 2.05) is 0 Å². The monoisotopic (exact) mass is 340 g/mol. The lowest BCUT2D eigenvalue weighted by molar-refractivity contribution is 0.0376. The number of methoxy groups -OCH3 is 1. The Bertz CT molecular complexity index is 433. The Morgan fingerprint density at radius 2 is 2.17 bits per heavy atom. The average Bonchev–Trinajstić information content (AvgIpc) is 3.10. The molecule has 130 valence electrons. The zero-order valence-corrected chi connectivity index (χ0v) is 14.7. The maximum Gasteiger partial charge on any atom is 0.191 e. The van der Waals surface area contributed by atoms with Gasteiger partial charge in [-0.2, -0.15) is 11.3 Å². The summed E-state index contributed by atoms with van der Waals surface area (Å²) in [5.74, 6) is 0.857. The van der Waals surface area contributed by atoms with E-state index in [0.717, 1.165) is 58.3 Å². The number of thiophene rings is 1. The van der Waals surface area contributed by atoms with Crippen LogP contribution in [0, 0.1) is 0 Å². The number of nitrogens with zero attached hydrogens (tertiary/aromatic N) is 2. The van der Waals surface area contributed by atoms with E-state index < -0.39 is 0 Å². The van der Waals surface area contributed by atoms with E-state index >= 15 is 0 Å². The van der Waals surface area contributed by atoms with E-state index in [1.54, 1.807) is 18.4 Å². The van der Waals surface area contributed by atoms with Gasteiger partial charge in [-0.15, -0.1) is 0 Å². The standard InChI is InChI=1S/C16H28N4O2S/c1-21-9-5-18-16(19-13-15-3-12-23-14-15)17-4-2-6-20-7-10-22-11-8-20/h3,12,14H,2,4-11,13H2,1H3,(H2,17,18,19). The van der Waals surface area contributed by atoms with Gasteiger partial charge < -0.3 is 20.1 Å². The Labute approximate surface area is 142 Å². The Hall–Kier alpha value is -1.15. The van der Waals surface area contributed by atoms with Gasteiger partial charge in [0.25, 0.3) is 0 Å². The minimum Gasteiger partial charge on any atom is -0.383 e. The van der Waals surface area contributed by atoms with Crippen molar-refractivity contribution in [3.05, 3.63) is 22.4 Å². The van der Waals surface area contributed by atoms with Crippen molar-refractivity contribution in [1.29, 1.82) is 0 Å². The molecule has 0 saturated carbocycles. The van der Waals surface area contributed by atoms with E-state index in [-0.39, 0.29) is 0 Å². The number of guanidine groups is 1. The minimum absolute atomic E-state index is 0.674. The summed E-state index contributed by atoms with van der Waals surface area (Å²) in [7, 11) is 1.71. The molecule has 2 rings (SSSR count). The van der Waals surface area contributed by atoms with Gasteiger partial charge in [-0.05, 0) is 35.4 Å². The minimum atomic E-state index is 0.674. The molecule has 1 aliphatic heterocycles. The molecule has 6 nitrogen and oxygen atoms in total. The quantitative estimate of drug-likeness (QED) is 0.401. The van der Waals surface area contributed by atoms with E-state index in [9.17, 15) is 0 Å². The normalized spacial score (nSPS) is 16.5. The number of hydrogen-bond acceptors (Lipinski definition) is 5. The molecule has 0 unspecified atom stereocenters. The van der Waals surface area contributed by atoms with Gasteiger partial charge in [-0.3, -0.25) is 4.90 Å². The van der Waals surface area contributed by atoms with Crippen molar-refractivity contribution in [1.82, 2.24) is 15.5 Å². The van der Waals surface area contributed by atoms with Crippen molar-refractivity contribution >= 4 is 17.3 Å². The average molecular weight is 340 g/mol. The summed E-state index contributed by atoms with van der Waals surface area (Å²) in [5, 5.41) is 10.9. The number of aliphatic imine (C=N–C) groups is 1. The number of hydrogen-bond donors (Lipinski definition) is 2. The molecule has 0 spiro atoms. The van der Waals surface area contributed by atoms with Crippen LogP contribution in [0.5, 0.6) is 0 Å². The predicted octanol–water partition coefficient (Wildman–Crippen LogP) is 1.15. The first-order valence-electron chi connectivity index (χ1n) is 8.21. The van der Waals surface area contributed by atoms with Crippen LogP contribution in [0.3, 0.4) is 0 Å². The van der Waals surface area contributed by atoms with Crippen LogP contribution in [0.2, 0.25) is 0 Å². The van der Waals surface area contributed by atoms with Gasteiger partial charge in [-0.1, -0.05) is 0 Å². The molecule has 1 aromatic heterocycles. The fraction of sp³-hybridized carbons (Fsp3) is 0.688. The van der Waals surface area contributed by atoms with Crippen molar-refractivity contribution < 1.29 is 9.47 Å². The molecule has 2 heterocycles. The van der Waals surface area contributed by atoms with E-state index in [2.05, 4.69) is 37.4 Å². The van der Waals surface area contributed by atoms with Crippen molar-refractivity contribution in [3.8, 4) is 0 Å². The summed E-state index contributed by atoms with van der Waals surface area (Å²) in [5.41, 5.74) is 1.25. The van der Waals surface area contributed by atoms with Crippen molar-refractivity contribution in [2.75, 3.05) is 59.7 Å². The zero-order chi connectivity index (χ0) is 16.2. The molecule has 1 aliphatic rings. The third-order valence-electron chi connectivity index (χ3n) is 3.65. The molecule has 7 heteroatoms. The highest BCUT2D eigenvalue weighted by molar-refractivity contribution is 7.07. The number of nitrogens with one attached hydrogen (secondary N) is 2. The van der Waals surface area contributed by atoms with Crippen LogP contribution in [-0.2, 0) is 16.0 Å². The van der Waals surface area contributed by atoms with Crippen LogP contribution < -0.4 is 10.6 Å². The molecule has 0 amide bonds. The van der Waals surface area contributed by atoms with Gasteiger partial charge in [0.05, 0.1) is 26.4 Å². The van der Waals surface area contributed by atoms with Crippen molar-refractivity contribution in [2.24, 2.45) is 4.99 Å². The topological polar surface area (TPSA) is 58.1 Å². The fourth-order valence-electron chi connectivity index (χ4n) is 2.33. The van der Waals surface area contributed by atoms with Gasteiger partial charge >= 0.3 is 0 Å². The van der Waals surface area contributed by atoms with Gasteiger partial charge in [0.1, 0.15) is 0 Å². The first-order valence-corrected chi connectivity index (χ1v) is 9.15. The molecule has 0 aromatic carbocycles. The Morgan fingerprint density at radius 3 is 2.91 bits per heavy atom. The molecule has 1 aromatic rings. The summed E-state index contributed by atoms with van der Waals surface area (Å²) in [6, 6.07) is 2.11. The molecule has 0 atom stereocenters. The maximum atomic E-state index is 5.37. The second-order valence-corrected chi connectivity index (χ2v) is 6.23. The van der Waals surface area contributed by atoms with Crippen molar-refractivity contribution in [2.45, 2.75) is 13.0 Å². The molecule has 2 N–H and O–H groups in total. The van der Waals surface area contributed by atoms with Gasteiger partial charge in [0, 0.05) is 33.3 Å². The first-order chi connectivity index (χ1) is 11.4. The van der Waals surface area contributed by atoms with E-state index in [0.29, 0.717) is 13.2 Å². The Morgan fingerprint density at radius 1 is 1.35 bits per heavy atom. The molecule has 0 bridgehead atoms. The molecule has 23 heavy (non-hydrogen) atoms. The summed E-state index contributed by atoms with van der Waals surface area (Å²) in [4.78, 5) is 7.08. The summed E-state index contributed by atoms with van der Waals surface area (Å²) < 4.78 is 10.5. The molecule has 0 aliphatic carbocycles. The summed E-state index contributed by atoms with van der Waals surface area (Å²) >= 11 is 1.70. The van der Waals surface area contributed by atoms with Crippen LogP contribution in [0.4, 0.5) is 0 Å². The Kier molecular flexibility index (Phi) is 9.01. The highest BCUT2D eigenvalue weighted by atomic mass is 32.1. The number of rotatable bonds is 9. The second kappa shape index (κ2) is 11.4. The molecular formula is C16H28N4O2S. The van der Waals surface area contributed by atoms with Crippen molar-refractivity contribution in [3.63, 3.8) is 0 Å². The first kappa shape index (κ1) is 18.2. The van der Waals surface area contributed by atoms with Crippen LogP contribution in [0.25, 0.3) is 0 Å². The van der Waals surface area contributed by atoms with Gasteiger partial charge in [0.2, 0.25) is 0 Å². The lowest BCUT2D eigenvalue weighted by atomic mass is 10.3. The summed E-state index contributed by atoms with van der Waals surface area (Å²) in [6.45, 7) is 7.97. The Balaban J connectivity index is 1.68. The van der Waals surface area contributed by atoms with Crippen LogP contribution in [0.15, 0.2) is 21.8 Å². The molecule has 0 radical (unpaired) electrons. The zero-order valence-electron chi connectivity index (χ0n) is 13.9. The van der Waals surface area contributed by atoms with Crippen LogP contribution in [0.1, 0.15) is 12.0 Å². The highest BCUT2D eigenvalue weighted by Gasteiger charge is 2.09. The number of ether oxygens (including phenoxy) is 2. The van der Waals surface area contributed by atoms with Crippen LogP contribution in [-0.4, -0.2) is 70.5 Å². The molecular weight excluding hydrogens is 312 g/mol. The SMILES string of the molecule is COCCNC(=NCc1ccsc1)NCCCN1CCOCC1. The predicted molar refractivity (Wildman–Crippen MR) is 95.2 cm³/mol. The largest absolute Gasteiger partial charge is 0.383 e. The molecule has 1 saturated heterocycles. The lowest BCUT2D eigenvalue weighted by Crippen LogP contribution is -2.41. The lowest BCUT2D eigenvalue weighted by Gasteiger charge is -2.26. The van der Waals surface area contributed by atoms with Gasteiger partial charge in [-0.25, -0.2) is 4.99 Å². The fourth-order valence-corrected chi connectivity index (χ4v) is 2.99. The van der Waals surface area contributed by atoms with Gasteiger partial charge in [0.15, 0.2) is 5.96 Å². The second-order valence-electron chi connectivity index (χ2n) is 5.45. The van der Waals surface area contributed by atoms with E-state index in [4.69, 9.17) is 9.47 Å². The third kappa shape index (κ3) is 7.78. The highest BCUT2D eigenvalue weighted by Crippen LogP contribution is 2.06. The third-order valence-corrected chi connectivity index (χ3v) is 4.38. The molecule has 1 fully saturated rings. The maximum absolute atomic E-state index is 5.37.